The van der Waals surface area contributed by atoms with E-state index in [1.54, 1.807) is 11.3 Å². The van der Waals surface area contributed by atoms with Crippen LogP contribution in [0.1, 0.15) is 80.8 Å². The molecular weight excluding hydrogens is 242 g/mol. The number of hydrogen-bond acceptors (Lipinski definition) is 3. The van der Waals surface area contributed by atoms with E-state index >= 15 is 0 Å². The molecule has 102 valence electrons. The number of aryl methyl sites for hydroxylation is 1. The van der Waals surface area contributed by atoms with Crippen molar-refractivity contribution in [2.24, 2.45) is 0 Å². The molecule has 0 aromatic carbocycles. The summed E-state index contributed by atoms with van der Waals surface area (Å²) in [5.41, 5.74) is 0.394. The van der Waals surface area contributed by atoms with Gasteiger partial charge in [0.05, 0.1) is 21.2 Å². The topological polar surface area (TPSA) is 33.1 Å². The Kier molecular flexibility index (Phi) is 4.44. The van der Waals surface area contributed by atoms with Gasteiger partial charge in [-0.2, -0.15) is 0 Å². The SMILES string of the molecule is CCCc1nc(C2CCCCC2)sc1C(C)(C)O. The molecule has 3 heteroatoms. The van der Waals surface area contributed by atoms with Crippen molar-refractivity contribution in [1.29, 1.82) is 0 Å². The van der Waals surface area contributed by atoms with Gasteiger partial charge in [0.2, 0.25) is 0 Å². The summed E-state index contributed by atoms with van der Waals surface area (Å²) >= 11 is 1.75. The second kappa shape index (κ2) is 5.70. The smallest absolute Gasteiger partial charge is 0.0963 e. The number of aromatic nitrogens is 1. The summed E-state index contributed by atoms with van der Waals surface area (Å²) < 4.78 is 0. The molecule has 2 nitrogen and oxygen atoms in total. The standard InChI is InChI=1S/C15H25NOS/c1-4-8-12-13(15(2,3)17)18-14(16-12)11-9-6-5-7-10-11/h11,17H,4-10H2,1-3H3. The predicted octanol–water partition coefficient (Wildman–Crippen LogP) is 4.37. The number of thiazole rings is 1. The molecule has 1 aromatic heterocycles. The molecule has 1 fully saturated rings. The summed E-state index contributed by atoms with van der Waals surface area (Å²) in [7, 11) is 0. The van der Waals surface area contributed by atoms with Crippen LogP contribution in [0.25, 0.3) is 0 Å². The van der Waals surface area contributed by atoms with Crippen LogP contribution in [0.2, 0.25) is 0 Å². The first kappa shape index (κ1) is 14.0. The van der Waals surface area contributed by atoms with Crippen molar-refractivity contribution in [3.8, 4) is 0 Å². The third-order valence-corrected chi connectivity index (χ3v) is 5.28. The summed E-state index contributed by atoms with van der Waals surface area (Å²) in [6.07, 6.45) is 8.70. The van der Waals surface area contributed by atoms with Crippen molar-refractivity contribution < 1.29 is 5.11 Å². The molecule has 0 spiro atoms. The largest absolute Gasteiger partial charge is 0.385 e. The van der Waals surface area contributed by atoms with Gasteiger partial charge in [-0.3, -0.25) is 0 Å². The maximum absolute atomic E-state index is 10.3. The van der Waals surface area contributed by atoms with Gasteiger partial charge in [-0.15, -0.1) is 11.3 Å². The summed E-state index contributed by atoms with van der Waals surface area (Å²) in [5.74, 6) is 0.649. The third-order valence-electron chi connectivity index (χ3n) is 3.71. The molecule has 0 saturated heterocycles. The molecule has 0 amide bonds. The summed E-state index contributed by atoms with van der Waals surface area (Å²) in [6.45, 7) is 5.93. The molecule has 0 unspecified atom stereocenters. The molecule has 0 atom stereocenters. The normalized spacial score (nSPS) is 18.2. The Morgan fingerprint density at radius 3 is 2.50 bits per heavy atom. The van der Waals surface area contributed by atoms with Gasteiger partial charge in [0.15, 0.2) is 0 Å². The second-order valence-electron chi connectivity index (χ2n) is 5.97. The highest BCUT2D eigenvalue weighted by atomic mass is 32.1. The molecule has 2 rings (SSSR count). The highest BCUT2D eigenvalue weighted by Crippen LogP contribution is 2.39. The van der Waals surface area contributed by atoms with E-state index < -0.39 is 5.60 Å². The van der Waals surface area contributed by atoms with E-state index in [0.717, 1.165) is 23.4 Å². The van der Waals surface area contributed by atoms with Gasteiger partial charge in [-0.05, 0) is 33.1 Å². The van der Waals surface area contributed by atoms with Gasteiger partial charge in [-0.1, -0.05) is 32.6 Å². The minimum Gasteiger partial charge on any atom is -0.385 e. The Morgan fingerprint density at radius 2 is 1.94 bits per heavy atom. The minimum absolute atomic E-state index is 0.649. The van der Waals surface area contributed by atoms with E-state index in [1.165, 1.54) is 37.1 Å². The minimum atomic E-state index is -0.741. The highest BCUT2D eigenvalue weighted by molar-refractivity contribution is 7.12. The number of aliphatic hydroxyl groups is 1. The van der Waals surface area contributed by atoms with Gasteiger partial charge >= 0.3 is 0 Å². The molecule has 1 heterocycles. The molecule has 1 aromatic rings. The first-order chi connectivity index (χ1) is 8.52. The lowest BCUT2D eigenvalue weighted by atomic mass is 9.90. The first-order valence-electron chi connectivity index (χ1n) is 7.24. The van der Waals surface area contributed by atoms with E-state index in [9.17, 15) is 5.11 Å². The van der Waals surface area contributed by atoms with Gasteiger partial charge in [0.1, 0.15) is 0 Å². The zero-order chi connectivity index (χ0) is 13.2. The number of rotatable bonds is 4. The van der Waals surface area contributed by atoms with E-state index in [0.29, 0.717) is 5.92 Å². The fraction of sp³-hybridized carbons (Fsp3) is 0.800. The zero-order valence-electron chi connectivity index (χ0n) is 11.8. The van der Waals surface area contributed by atoms with Crippen LogP contribution in [0.5, 0.6) is 0 Å². The molecule has 0 radical (unpaired) electrons. The van der Waals surface area contributed by atoms with Crippen molar-refractivity contribution >= 4 is 11.3 Å². The fourth-order valence-electron chi connectivity index (χ4n) is 2.78. The summed E-state index contributed by atoms with van der Waals surface area (Å²) in [5, 5.41) is 11.6. The van der Waals surface area contributed by atoms with Crippen LogP contribution in [0.15, 0.2) is 0 Å². The Hall–Kier alpha value is -0.410. The van der Waals surface area contributed by atoms with Crippen LogP contribution in [-0.4, -0.2) is 10.1 Å². The van der Waals surface area contributed by atoms with Crippen LogP contribution in [-0.2, 0) is 12.0 Å². The third kappa shape index (κ3) is 3.12. The van der Waals surface area contributed by atoms with E-state index in [4.69, 9.17) is 4.98 Å². The number of hydrogen-bond donors (Lipinski definition) is 1. The monoisotopic (exact) mass is 267 g/mol. The molecule has 0 bridgehead atoms. The Balaban J connectivity index is 2.26. The van der Waals surface area contributed by atoms with Crippen LogP contribution < -0.4 is 0 Å². The molecular formula is C15H25NOS. The molecule has 1 N–H and O–H groups in total. The molecule has 1 aliphatic rings. The van der Waals surface area contributed by atoms with Crippen molar-refractivity contribution in [2.75, 3.05) is 0 Å². The number of nitrogens with zero attached hydrogens (tertiary/aromatic N) is 1. The quantitative estimate of drug-likeness (QED) is 0.878. The van der Waals surface area contributed by atoms with E-state index in [1.807, 2.05) is 13.8 Å². The van der Waals surface area contributed by atoms with Crippen LogP contribution in [0.3, 0.4) is 0 Å². The Morgan fingerprint density at radius 1 is 1.28 bits per heavy atom. The average molecular weight is 267 g/mol. The molecule has 1 aliphatic carbocycles. The van der Waals surface area contributed by atoms with Crippen molar-refractivity contribution in [1.82, 2.24) is 4.98 Å². The lowest BCUT2D eigenvalue weighted by Crippen LogP contribution is -2.15. The average Bonchev–Trinajstić information content (AvgIpc) is 2.75. The van der Waals surface area contributed by atoms with E-state index in [-0.39, 0.29) is 0 Å². The fourth-order valence-corrected chi connectivity index (χ4v) is 4.06. The Bertz CT molecular complexity index is 386. The van der Waals surface area contributed by atoms with Gasteiger partial charge < -0.3 is 5.11 Å². The van der Waals surface area contributed by atoms with Crippen molar-refractivity contribution in [2.45, 2.75) is 77.2 Å². The van der Waals surface area contributed by atoms with Crippen LogP contribution >= 0.6 is 11.3 Å². The second-order valence-corrected chi connectivity index (χ2v) is 7.00. The lowest BCUT2D eigenvalue weighted by Gasteiger charge is -2.19. The van der Waals surface area contributed by atoms with Gasteiger partial charge in [-0.25, -0.2) is 4.98 Å². The predicted molar refractivity (Wildman–Crippen MR) is 77.2 cm³/mol. The summed E-state index contributed by atoms with van der Waals surface area (Å²) in [4.78, 5) is 5.94. The summed E-state index contributed by atoms with van der Waals surface area (Å²) in [6, 6.07) is 0. The van der Waals surface area contributed by atoms with Crippen LogP contribution in [0, 0.1) is 0 Å². The van der Waals surface area contributed by atoms with Crippen LogP contribution in [0.4, 0.5) is 0 Å². The van der Waals surface area contributed by atoms with Crippen molar-refractivity contribution in [3.05, 3.63) is 15.6 Å². The lowest BCUT2D eigenvalue weighted by molar-refractivity contribution is 0.0813. The highest BCUT2D eigenvalue weighted by Gasteiger charge is 2.27. The molecule has 18 heavy (non-hydrogen) atoms. The Labute approximate surface area is 114 Å². The zero-order valence-corrected chi connectivity index (χ0v) is 12.6. The first-order valence-corrected chi connectivity index (χ1v) is 8.06. The molecule has 1 saturated carbocycles. The van der Waals surface area contributed by atoms with E-state index in [2.05, 4.69) is 6.92 Å². The maximum atomic E-state index is 10.3. The maximum Gasteiger partial charge on any atom is 0.0963 e. The van der Waals surface area contributed by atoms with Crippen molar-refractivity contribution in [3.63, 3.8) is 0 Å². The molecule has 0 aliphatic heterocycles. The van der Waals surface area contributed by atoms with Gasteiger partial charge in [0, 0.05) is 5.92 Å². The van der Waals surface area contributed by atoms with Gasteiger partial charge in [0.25, 0.3) is 0 Å².